The maximum Gasteiger partial charge on any atom is 0.243 e. The fraction of sp³-hybridized carbons (Fsp3) is 0.125. The summed E-state index contributed by atoms with van der Waals surface area (Å²) in [5.74, 6) is 0.382. The minimum absolute atomic E-state index is 0.0212. The molecule has 0 saturated carbocycles. The fourth-order valence-electron chi connectivity index (χ4n) is 4.36. The Morgan fingerprint density at radius 2 is 1.60 bits per heavy atom. The largest absolute Gasteiger partial charge is 0.497 e. The van der Waals surface area contributed by atoms with E-state index in [1.165, 1.54) is 4.31 Å². The van der Waals surface area contributed by atoms with Crippen LogP contribution in [0.3, 0.4) is 0 Å². The van der Waals surface area contributed by atoms with E-state index in [-0.39, 0.29) is 17.4 Å². The summed E-state index contributed by atoms with van der Waals surface area (Å²) in [5.41, 5.74) is 3.82. The number of nitrogens with zero attached hydrogens (tertiary/aromatic N) is 3. The maximum atomic E-state index is 13.7. The van der Waals surface area contributed by atoms with Gasteiger partial charge in [0.25, 0.3) is 0 Å². The van der Waals surface area contributed by atoms with Crippen LogP contribution >= 0.6 is 11.6 Å². The van der Waals surface area contributed by atoms with Crippen molar-refractivity contribution in [1.82, 2.24) is 13.9 Å². The molecule has 0 aliphatic heterocycles. The Hall–Kier alpha value is -4.44. The van der Waals surface area contributed by atoms with Crippen LogP contribution < -0.4 is 10.1 Å². The van der Waals surface area contributed by atoms with Crippen molar-refractivity contribution in [3.63, 3.8) is 0 Å². The zero-order chi connectivity index (χ0) is 29.7. The summed E-state index contributed by atoms with van der Waals surface area (Å²) >= 11 is 6.08. The Morgan fingerprint density at radius 3 is 2.24 bits per heavy atom. The Bertz CT molecular complexity index is 1770. The summed E-state index contributed by atoms with van der Waals surface area (Å²) in [6.45, 7) is 1.49. The Kier molecular flexibility index (Phi) is 8.72. The number of anilines is 1. The lowest BCUT2D eigenvalue weighted by Crippen LogP contribution is -2.38. The van der Waals surface area contributed by atoms with Gasteiger partial charge in [0.2, 0.25) is 21.9 Å². The summed E-state index contributed by atoms with van der Waals surface area (Å²) in [5, 5.41) is 3.43. The number of imidazole rings is 1. The average Bonchev–Trinajstić information content (AvgIpc) is 3.41. The van der Waals surface area contributed by atoms with E-state index in [0.717, 1.165) is 22.4 Å². The first-order valence-corrected chi connectivity index (χ1v) is 14.9. The highest BCUT2D eigenvalue weighted by Gasteiger charge is 2.27. The third-order valence-electron chi connectivity index (χ3n) is 6.63. The van der Waals surface area contributed by atoms with Crippen molar-refractivity contribution in [3.8, 4) is 22.7 Å². The third-order valence-corrected chi connectivity index (χ3v) is 8.69. The first-order chi connectivity index (χ1) is 20.2. The molecule has 42 heavy (non-hydrogen) atoms. The molecule has 0 bridgehead atoms. The van der Waals surface area contributed by atoms with Crippen LogP contribution in [0.2, 0.25) is 5.02 Å². The van der Waals surface area contributed by atoms with E-state index in [1.54, 1.807) is 66.4 Å². The molecule has 0 saturated heterocycles. The number of carbonyl (C=O) groups is 1. The van der Waals surface area contributed by atoms with Gasteiger partial charge >= 0.3 is 0 Å². The quantitative estimate of drug-likeness (QED) is 0.202. The molecule has 0 aliphatic rings. The first-order valence-electron chi connectivity index (χ1n) is 13.1. The van der Waals surface area contributed by atoms with Gasteiger partial charge in [0, 0.05) is 29.0 Å². The highest BCUT2D eigenvalue weighted by molar-refractivity contribution is 7.89. The van der Waals surface area contributed by atoms with Gasteiger partial charge in [-0.05, 0) is 61.0 Å². The smallest absolute Gasteiger partial charge is 0.243 e. The number of amides is 1. The number of methoxy groups -OCH3 is 1. The van der Waals surface area contributed by atoms with Gasteiger partial charge in [-0.15, -0.1) is 0 Å². The van der Waals surface area contributed by atoms with Crippen LogP contribution in [0.25, 0.3) is 16.9 Å². The van der Waals surface area contributed by atoms with Crippen molar-refractivity contribution >= 4 is 33.5 Å². The standard InChI is InChI=1S/C32H29ClN4O4S/c1-23-8-18-29(19-9-23)42(39,40)36(20-24-6-4-3-5-7-24)22-31(38)35-32-34-30(25-10-12-26(33)13-11-25)21-37(32)27-14-16-28(41-2)17-15-27/h3-19,21H,20,22H2,1-2H3,(H,34,35,38). The molecule has 0 radical (unpaired) electrons. The molecule has 1 N–H and O–H groups in total. The molecule has 214 valence electrons. The van der Waals surface area contributed by atoms with Crippen LogP contribution in [0, 0.1) is 6.92 Å². The van der Waals surface area contributed by atoms with E-state index in [1.807, 2.05) is 61.5 Å². The zero-order valence-electron chi connectivity index (χ0n) is 23.1. The number of aryl methyl sites for hydroxylation is 1. The summed E-state index contributed by atoms with van der Waals surface area (Å²) in [6.07, 6.45) is 1.80. The number of aromatic nitrogens is 2. The molecule has 1 amide bonds. The first kappa shape index (κ1) is 29.1. The second kappa shape index (κ2) is 12.6. The van der Waals surface area contributed by atoms with Crippen molar-refractivity contribution in [2.45, 2.75) is 18.4 Å². The number of sulfonamides is 1. The topological polar surface area (TPSA) is 93.5 Å². The second-order valence-corrected chi connectivity index (χ2v) is 12.0. The van der Waals surface area contributed by atoms with Crippen molar-refractivity contribution in [1.29, 1.82) is 0 Å². The van der Waals surface area contributed by atoms with Crippen LogP contribution in [-0.4, -0.2) is 41.8 Å². The van der Waals surface area contributed by atoms with E-state index in [0.29, 0.717) is 16.5 Å². The number of rotatable bonds is 10. The maximum absolute atomic E-state index is 13.7. The predicted octanol–water partition coefficient (Wildman–Crippen LogP) is 6.34. The van der Waals surface area contributed by atoms with Gasteiger partial charge in [-0.2, -0.15) is 4.31 Å². The molecule has 4 aromatic carbocycles. The lowest BCUT2D eigenvalue weighted by Gasteiger charge is -2.22. The minimum Gasteiger partial charge on any atom is -0.497 e. The van der Waals surface area contributed by atoms with E-state index >= 15 is 0 Å². The van der Waals surface area contributed by atoms with Crippen molar-refractivity contribution < 1.29 is 17.9 Å². The molecule has 10 heteroatoms. The van der Waals surface area contributed by atoms with Crippen LogP contribution in [0.15, 0.2) is 114 Å². The number of halogens is 1. The highest BCUT2D eigenvalue weighted by Crippen LogP contribution is 2.27. The van der Waals surface area contributed by atoms with Gasteiger partial charge in [0.05, 0.1) is 24.2 Å². The number of benzene rings is 4. The van der Waals surface area contributed by atoms with Crippen LogP contribution in [0.4, 0.5) is 5.95 Å². The number of hydrogen-bond donors (Lipinski definition) is 1. The minimum atomic E-state index is -4.00. The highest BCUT2D eigenvalue weighted by atomic mass is 35.5. The zero-order valence-corrected chi connectivity index (χ0v) is 24.6. The molecule has 0 unspecified atom stereocenters. The summed E-state index contributed by atoms with van der Waals surface area (Å²) in [4.78, 5) is 18.3. The fourth-order valence-corrected chi connectivity index (χ4v) is 5.87. The van der Waals surface area contributed by atoms with Crippen LogP contribution in [0.1, 0.15) is 11.1 Å². The molecule has 5 aromatic rings. The number of hydrogen-bond acceptors (Lipinski definition) is 5. The molecule has 5 rings (SSSR count). The van der Waals surface area contributed by atoms with Crippen molar-refractivity contribution in [3.05, 3.63) is 125 Å². The lowest BCUT2D eigenvalue weighted by molar-refractivity contribution is -0.116. The van der Waals surface area contributed by atoms with Gasteiger partial charge in [-0.1, -0.05) is 71.8 Å². The Labute approximate surface area is 250 Å². The average molecular weight is 601 g/mol. The molecule has 1 aromatic heterocycles. The number of nitrogens with one attached hydrogen (secondary N) is 1. The molecular weight excluding hydrogens is 572 g/mol. The number of carbonyl (C=O) groups excluding carboxylic acids is 1. The normalized spacial score (nSPS) is 11.4. The Balaban J connectivity index is 1.47. The van der Waals surface area contributed by atoms with Crippen LogP contribution in [-0.2, 0) is 21.4 Å². The van der Waals surface area contributed by atoms with E-state index in [4.69, 9.17) is 16.3 Å². The molecular formula is C32H29ClN4O4S. The van der Waals surface area contributed by atoms with Gasteiger partial charge in [-0.25, -0.2) is 13.4 Å². The molecule has 0 spiro atoms. The summed E-state index contributed by atoms with van der Waals surface area (Å²) in [7, 11) is -2.41. The third kappa shape index (κ3) is 6.71. The lowest BCUT2D eigenvalue weighted by atomic mass is 10.2. The number of ether oxygens (including phenoxy) is 1. The molecule has 8 nitrogen and oxygen atoms in total. The predicted molar refractivity (Wildman–Crippen MR) is 164 cm³/mol. The van der Waals surface area contributed by atoms with Gasteiger partial charge in [0.1, 0.15) is 5.75 Å². The summed E-state index contributed by atoms with van der Waals surface area (Å²) in [6, 6.07) is 30.2. The van der Waals surface area contributed by atoms with Crippen molar-refractivity contribution in [2.75, 3.05) is 19.0 Å². The van der Waals surface area contributed by atoms with Crippen LogP contribution in [0.5, 0.6) is 5.75 Å². The SMILES string of the molecule is COc1ccc(-n2cc(-c3ccc(Cl)cc3)nc2NC(=O)CN(Cc2ccccc2)S(=O)(=O)c2ccc(C)cc2)cc1. The van der Waals surface area contributed by atoms with E-state index < -0.39 is 22.5 Å². The van der Waals surface area contributed by atoms with E-state index in [9.17, 15) is 13.2 Å². The van der Waals surface area contributed by atoms with Gasteiger partial charge in [-0.3, -0.25) is 14.7 Å². The molecule has 0 atom stereocenters. The summed E-state index contributed by atoms with van der Waals surface area (Å²) < 4.78 is 35.6. The monoisotopic (exact) mass is 600 g/mol. The van der Waals surface area contributed by atoms with Gasteiger partial charge in [0.15, 0.2) is 0 Å². The molecule has 1 heterocycles. The van der Waals surface area contributed by atoms with Crippen molar-refractivity contribution in [2.24, 2.45) is 0 Å². The molecule has 0 fully saturated rings. The molecule has 0 aliphatic carbocycles. The van der Waals surface area contributed by atoms with E-state index in [2.05, 4.69) is 10.3 Å². The second-order valence-electron chi connectivity index (χ2n) is 9.64. The Morgan fingerprint density at radius 1 is 0.929 bits per heavy atom. The van der Waals surface area contributed by atoms with Gasteiger partial charge < -0.3 is 4.74 Å².